The molecule has 0 spiro atoms. The van der Waals surface area contributed by atoms with E-state index in [1.54, 1.807) is 25.1 Å². The predicted molar refractivity (Wildman–Crippen MR) is 84.9 cm³/mol. The van der Waals surface area contributed by atoms with Gasteiger partial charge in [0, 0.05) is 11.8 Å². The standard InChI is InChI=1S/C17H19NO4/c1-3-4-5-10-16(19)22-18-12(2)14-11-13-8-6-7-9-15(13)21-17(14)20/h6-9,11H,3-5,10H2,1-2H3/b18-12+. The third-order valence-electron chi connectivity index (χ3n) is 3.30. The molecule has 2 aromatic rings. The number of fused-ring (bicyclic) bond motifs is 1. The molecule has 1 aromatic carbocycles. The second kappa shape index (κ2) is 7.54. The highest BCUT2D eigenvalue weighted by atomic mass is 16.7. The molecule has 22 heavy (non-hydrogen) atoms. The van der Waals surface area contributed by atoms with Crippen LogP contribution in [-0.2, 0) is 9.63 Å². The quantitative estimate of drug-likeness (QED) is 0.268. The van der Waals surface area contributed by atoms with E-state index in [0.717, 1.165) is 24.6 Å². The molecule has 0 unspecified atom stereocenters. The van der Waals surface area contributed by atoms with Gasteiger partial charge in [-0.3, -0.25) is 0 Å². The van der Waals surface area contributed by atoms with Crippen molar-refractivity contribution in [1.82, 2.24) is 0 Å². The number of oxime groups is 1. The van der Waals surface area contributed by atoms with Gasteiger partial charge in [0.1, 0.15) is 5.58 Å². The SMILES string of the molecule is CCCCCC(=O)O/N=C(\C)c1cc2ccccc2oc1=O. The number of carbonyl (C=O) groups excluding carboxylic acids is 1. The summed E-state index contributed by atoms with van der Waals surface area (Å²) in [7, 11) is 0. The van der Waals surface area contributed by atoms with Gasteiger partial charge < -0.3 is 9.25 Å². The summed E-state index contributed by atoms with van der Waals surface area (Å²) in [6.07, 6.45) is 3.12. The Balaban J connectivity index is 2.13. The first-order valence-corrected chi connectivity index (χ1v) is 7.39. The predicted octanol–water partition coefficient (Wildman–Crippen LogP) is 3.64. The lowest BCUT2D eigenvalue weighted by Crippen LogP contribution is -2.13. The van der Waals surface area contributed by atoms with Gasteiger partial charge in [-0.05, 0) is 25.5 Å². The molecule has 5 heteroatoms. The molecule has 116 valence electrons. The van der Waals surface area contributed by atoms with Crippen molar-refractivity contribution in [3.8, 4) is 0 Å². The highest BCUT2D eigenvalue weighted by Gasteiger charge is 2.09. The zero-order valence-corrected chi connectivity index (χ0v) is 12.8. The van der Waals surface area contributed by atoms with Crippen LogP contribution >= 0.6 is 0 Å². The maximum absolute atomic E-state index is 11.9. The average molecular weight is 301 g/mol. The van der Waals surface area contributed by atoms with Crippen LogP contribution in [0.3, 0.4) is 0 Å². The van der Waals surface area contributed by atoms with E-state index in [1.807, 2.05) is 12.1 Å². The molecule has 0 atom stereocenters. The van der Waals surface area contributed by atoms with Crippen molar-refractivity contribution >= 4 is 22.7 Å². The van der Waals surface area contributed by atoms with Gasteiger partial charge in [0.2, 0.25) is 0 Å². The van der Waals surface area contributed by atoms with Gasteiger partial charge in [-0.25, -0.2) is 9.59 Å². The fraction of sp³-hybridized carbons (Fsp3) is 0.353. The summed E-state index contributed by atoms with van der Waals surface area (Å²) in [4.78, 5) is 28.3. The number of rotatable bonds is 6. The summed E-state index contributed by atoms with van der Waals surface area (Å²) in [6, 6.07) is 8.90. The van der Waals surface area contributed by atoms with Crippen LogP contribution in [0.1, 0.15) is 45.1 Å². The lowest BCUT2D eigenvalue weighted by atomic mass is 10.1. The Morgan fingerprint density at radius 3 is 2.82 bits per heavy atom. The molecule has 5 nitrogen and oxygen atoms in total. The number of carbonyl (C=O) groups is 1. The van der Waals surface area contributed by atoms with Crippen molar-refractivity contribution in [2.24, 2.45) is 5.16 Å². The fourth-order valence-electron chi connectivity index (χ4n) is 2.05. The number of benzene rings is 1. The van der Waals surface area contributed by atoms with Crippen LogP contribution in [0.15, 0.2) is 44.7 Å². The molecule has 0 saturated carbocycles. The lowest BCUT2D eigenvalue weighted by Gasteiger charge is -2.02. The summed E-state index contributed by atoms with van der Waals surface area (Å²) < 4.78 is 5.22. The van der Waals surface area contributed by atoms with E-state index < -0.39 is 11.6 Å². The second-order valence-electron chi connectivity index (χ2n) is 5.08. The van der Waals surface area contributed by atoms with Crippen molar-refractivity contribution in [2.45, 2.75) is 39.5 Å². The Morgan fingerprint density at radius 2 is 2.05 bits per heavy atom. The van der Waals surface area contributed by atoms with E-state index in [1.165, 1.54) is 0 Å². The molecular formula is C17H19NO4. The first-order valence-electron chi connectivity index (χ1n) is 7.39. The molecule has 0 amide bonds. The highest BCUT2D eigenvalue weighted by molar-refractivity contribution is 6.00. The minimum Gasteiger partial charge on any atom is -0.422 e. The molecule has 2 rings (SSSR count). The molecule has 1 aromatic heterocycles. The normalized spacial score (nSPS) is 11.6. The van der Waals surface area contributed by atoms with Gasteiger partial charge >= 0.3 is 11.6 Å². The summed E-state index contributed by atoms with van der Waals surface area (Å²) in [6.45, 7) is 3.67. The van der Waals surface area contributed by atoms with Crippen LogP contribution in [-0.4, -0.2) is 11.7 Å². The summed E-state index contributed by atoms with van der Waals surface area (Å²) in [5, 5.41) is 4.54. The van der Waals surface area contributed by atoms with Crippen molar-refractivity contribution < 1.29 is 14.0 Å². The molecular weight excluding hydrogens is 282 g/mol. The fourth-order valence-corrected chi connectivity index (χ4v) is 2.05. The molecule has 0 bridgehead atoms. The maximum Gasteiger partial charge on any atom is 0.345 e. The largest absolute Gasteiger partial charge is 0.422 e. The molecule has 0 aliphatic heterocycles. The lowest BCUT2D eigenvalue weighted by molar-refractivity contribution is -0.143. The number of nitrogens with zero attached hydrogens (tertiary/aromatic N) is 1. The van der Waals surface area contributed by atoms with E-state index in [-0.39, 0.29) is 0 Å². The van der Waals surface area contributed by atoms with Crippen LogP contribution in [0.25, 0.3) is 11.0 Å². The van der Waals surface area contributed by atoms with E-state index in [9.17, 15) is 9.59 Å². The second-order valence-corrected chi connectivity index (χ2v) is 5.08. The van der Waals surface area contributed by atoms with Crippen molar-refractivity contribution in [3.63, 3.8) is 0 Å². The highest BCUT2D eigenvalue weighted by Crippen LogP contribution is 2.13. The van der Waals surface area contributed by atoms with Crippen LogP contribution in [0, 0.1) is 0 Å². The van der Waals surface area contributed by atoms with Crippen LogP contribution < -0.4 is 5.63 Å². The molecule has 1 heterocycles. The minimum atomic E-state index is -0.498. The zero-order valence-electron chi connectivity index (χ0n) is 12.8. The number of unbranched alkanes of at least 4 members (excludes halogenated alkanes) is 2. The van der Waals surface area contributed by atoms with Crippen LogP contribution in [0.5, 0.6) is 0 Å². The van der Waals surface area contributed by atoms with E-state index >= 15 is 0 Å². The van der Waals surface area contributed by atoms with E-state index in [2.05, 4.69) is 12.1 Å². The van der Waals surface area contributed by atoms with E-state index in [4.69, 9.17) is 9.25 Å². The van der Waals surface area contributed by atoms with Gasteiger partial charge in [0.25, 0.3) is 0 Å². The topological polar surface area (TPSA) is 68.9 Å². The smallest absolute Gasteiger partial charge is 0.345 e. The Morgan fingerprint density at radius 1 is 1.27 bits per heavy atom. The Kier molecular flexibility index (Phi) is 5.47. The van der Waals surface area contributed by atoms with Gasteiger partial charge in [0.05, 0.1) is 11.3 Å². The maximum atomic E-state index is 11.9. The molecule has 0 radical (unpaired) electrons. The minimum absolute atomic E-state index is 0.292. The molecule has 0 N–H and O–H groups in total. The molecule has 0 aliphatic carbocycles. The van der Waals surface area contributed by atoms with Gasteiger partial charge in [-0.2, -0.15) is 0 Å². The monoisotopic (exact) mass is 301 g/mol. The summed E-state index contributed by atoms with van der Waals surface area (Å²) in [5.41, 5.74) is 0.631. The number of hydrogen-bond donors (Lipinski definition) is 0. The first-order chi connectivity index (χ1) is 10.6. The Hall–Kier alpha value is -2.43. The third kappa shape index (κ3) is 4.04. The number of para-hydroxylation sites is 1. The van der Waals surface area contributed by atoms with Gasteiger partial charge in [0.15, 0.2) is 0 Å². The Labute approximate surface area is 128 Å². The van der Waals surface area contributed by atoms with Crippen LogP contribution in [0.2, 0.25) is 0 Å². The summed E-state index contributed by atoms with van der Waals surface area (Å²) in [5.74, 6) is -0.391. The van der Waals surface area contributed by atoms with Crippen LogP contribution in [0.4, 0.5) is 0 Å². The zero-order chi connectivity index (χ0) is 15.9. The molecule has 0 saturated heterocycles. The van der Waals surface area contributed by atoms with Crippen molar-refractivity contribution in [2.75, 3.05) is 0 Å². The Bertz CT molecular complexity index is 746. The van der Waals surface area contributed by atoms with Gasteiger partial charge in [-0.15, -0.1) is 0 Å². The van der Waals surface area contributed by atoms with Crippen molar-refractivity contribution in [3.05, 3.63) is 46.3 Å². The van der Waals surface area contributed by atoms with E-state index in [0.29, 0.717) is 23.3 Å². The third-order valence-corrected chi connectivity index (χ3v) is 3.30. The molecule has 0 aliphatic rings. The van der Waals surface area contributed by atoms with Crippen molar-refractivity contribution in [1.29, 1.82) is 0 Å². The summed E-state index contributed by atoms with van der Waals surface area (Å²) >= 11 is 0. The molecule has 0 fully saturated rings. The average Bonchev–Trinajstić information content (AvgIpc) is 2.52. The first kappa shape index (κ1) is 15.9. The number of hydrogen-bond acceptors (Lipinski definition) is 5. The van der Waals surface area contributed by atoms with Gasteiger partial charge in [-0.1, -0.05) is 43.1 Å².